The molecule has 1 aromatic rings. The lowest BCUT2D eigenvalue weighted by molar-refractivity contribution is -0.136. The molecular weight excluding hydrogens is 402 g/mol. The average Bonchev–Trinajstić information content (AvgIpc) is 2.98. The van der Waals surface area contributed by atoms with Crippen LogP contribution in [0.2, 0.25) is 0 Å². The Hall–Kier alpha value is -3.69. The van der Waals surface area contributed by atoms with Gasteiger partial charge in [0.05, 0.1) is 23.9 Å². The van der Waals surface area contributed by atoms with Crippen LogP contribution in [0, 0.1) is 5.41 Å². The Bertz CT molecular complexity index is 955. The largest absolute Gasteiger partial charge is 0.490 e. The van der Waals surface area contributed by atoms with E-state index in [1.54, 1.807) is 29.3 Å². The lowest BCUT2D eigenvalue weighted by Crippen LogP contribution is -2.54. The van der Waals surface area contributed by atoms with Gasteiger partial charge < -0.3 is 20.4 Å². The number of amides is 4. The third kappa shape index (κ3) is 4.73. The van der Waals surface area contributed by atoms with Gasteiger partial charge in [-0.05, 0) is 25.0 Å². The van der Waals surface area contributed by atoms with Crippen molar-refractivity contribution in [2.24, 2.45) is 0 Å². The maximum Gasteiger partial charge on any atom is 0.264 e. The molecule has 0 bridgehead atoms. The highest BCUT2D eigenvalue weighted by atomic mass is 16.5. The standard InChI is InChI=1S/C21H25N5O5/c1-25(2)12-13(11-22)31-10-4-9-23-15-6-3-5-14-18(15)21(30)26(20(14)29)16-7-8-17(27)24-19(16)28/h3,5-6,11-12,16,22-23H,4,7-10H2,1-2H3,(H,24,27,28)/b13-12+,22-11?. The van der Waals surface area contributed by atoms with Crippen molar-refractivity contribution in [2.45, 2.75) is 25.3 Å². The Morgan fingerprint density at radius 2 is 2.06 bits per heavy atom. The third-order valence-corrected chi connectivity index (χ3v) is 4.90. The van der Waals surface area contributed by atoms with Crippen LogP contribution in [-0.2, 0) is 14.3 Å². The number of anilines is 1. The van der Waals surface area contributed by atoms with Gasteiger partial charge in [0.15, 0.2) is 5.76 Å². The van der Waals surface area contributed by atoms with Crippen LogP contribution in [0.15, 0.2) is 30.2 Å². The van der Waals surface area contributed by atoms with Gasteiger partial charge in [-0.3, -0.25) is 29.4 Å². The van der Waals surface area contributed by atoms with Crippen LogP contribution in [0.1, 0.15) is 40.0 Å². The van der Waals surface area contributed by atoms with Gasteiger partial charge in [0.2, 0.25) is 11.8 Å². The van der Waals surface area contributed by atoms with Crippen LogP contribution in [0.4, 0.5) is 5.69 Å². The Morgan fingerprint density at radius 1 is 1.29 bits per heavy atom. The van der Waals surface area contributed by atoms with Crippen LogP contribution in [-0.4, -0.2) is 72.9 Å². The van der Waals surface area contributed by atoms with E-state index in [-0.39, 0.29) is 24.0 Å². The molecule has 0 aromatic heterocycles. The summed E-state index contributed by atoms with van der Waals surface area (Å²) in [6, 6.07) is 3.94. The molecule has 1 fully saturated rings. The number of nitrogens with one attached hydrogen (secondary N) is 3. The molecule has 3 rings (SSSR count). The van der Waals surface area contributed by atoms with Gasteiger partial charge in [0, 0.05) is 38.9 Å². The highest BCUT2D eigenvalue weighted by Crippen LogP contribution is 2.32. The van der Waals surface area contributed by atoms with E-state index in [0.29, 0.717) is 31.0 Å². The van der Waals surface area contributed by atoms with Gasteiger partial charge in [-0.25, -0.2) is 0 Å². The summed E-state index contributed by atoms with van der Waals surface area (Å²) in [6.07, 6.45) is 3.62. The van der Waals surface area contributed by atoms with Crippen molar-refractivity contribution < 1.29 is 23.9 Å². The van der Waals surface area contributed by atoms with Crippen LogP contribution >= 0.6 is 0 Å². The molecule has 0 saturated carbocycles. The van der Waals surface area contributed by atoms with Gasteiger partial charge in [0.1, 0.15) is 6.04 Å². The minimum atomic E-state index is -0.991. The second kappa shape index (κ2) is 9.41. The van der Waals surface area contributed by atoms with Crippen molar-refractivity contribution in [3.8, 4) is 0 Å². The molecule has 3 N–H and O–H groups in total. The molecule has 2 aliphatic rings. The molecule has 31 heavy (non-hydrogen) atoms. The molecule has 10 heteroatoms. The number of imide groups is 2. The van der Waals surface area contributed by atoms with Crippen LogP contribution in [0.5, 0.6) is 0 Å². The molecule has 0 radical (unpaired) electrons. The van der Waals surface area contributed by atoms with Gasteiger partial charge in [-0.15, -0.1) is 0 Å². The van der Waals surface area contributed by atoms with E-state index in [1.807, 2.05) is 14.1 Å². The second-order valence-corrected chi connectivity index (χ2v) is 7.44. The number of fused-ring (bicyclic) bond motifs is 1. The number of carbonyl (C=O) groups is 4. The number of ether oxygens (including phenoxy) is 1. The third-order valence-electron chi connectivity index (χ3n) is 4.90. The fourth-order valence-electron chi connectivity index (χ4n) is 3.52. The molecule has 1 atom stereocenters. The molecule has 4 amide bonds. The van der Waals surface area contributed by atoms with Crippen LogP contribution in [0.3, 0.4) is 0 Å². The quantitative estimate of drug-likeness (QED) is 0.231. The number of benzene rings is 1. The summed E-state index contributed by atoms with van der Waals surface area (Å²) < 4.78 is 5.52. The van der Waals surface area contributed by atoms with E-state index in [0.717, 1.165) is 11.1 Å². The second-order valence-electron chi connectivity index (χ2n) is 7.44. The van der Waals surface area contributed by atoms with E-state index >= 15 is 0 Å². The molecule has 10 nitrogen and oxygen atoms in total. The van der Waals surface area contributed by atoms with Crippen molar-refractivity contribution in [1.29, 1.82) is 5.41 Å². The first-order valence-electron chi connectivity index (χ1n) is 9.93. The number of piperidine rings is 1. The first-order chi connectivity index (χ1) is 14.8. The zero-order valence-electron chi connectivity index (χ0n) is 17.4. The SMILES string of the molecule is CN(C)/C=C(\C=N)OCCCNc1cccc2c1C(=O)N(C1CCC(=O)NC1=O)C2=O. The summed E-state index contributed by atoms with van der Waals surface area (Å²) in [4.78, 5) is 52.1. The summed E-state index contributed by atoms with van der Waals surface area (Å²) in [6.45, 7) is 0.843. The van der Waals surface area contributed by atoms with Gasteiger partial charge in [-0.1, -0.05) is 6.07 Å². The zero-order valence-corrected chi connectivity index (χ0v) is 17.4. The van der Waals surface area contributed by atoms with Crippen LogP contribution in [0.25, 0.3) is 0 Å². The predicted octanol–water partition coefficient (Wildman–Crippen LogP) is 0.959. The first-order valence-corrected chi connectivity index (χ1v) is 9.93. The van der Waals surface area contributed by atoms with Crippen LogP contribution < -0.4 is 10.6 Å². The maximum atomic E-state index is 13.0. The summed E-state index contributed by atoms with van der Waals surface area (Å²) in [7, 11) is 3.67. The van der Waals surface area contributed by atoms with E-state index < -0.39 is 29.7 Å². The minimum Gasteiger partial charge on any atom is -0.490 e. The Morgan fingerprint density at radius 3 is 2.74 bits per heavy atom. The highest BCUT2D eigenvalue weighted by molar-refractivity contribution is 6.25. The zero-order chi connectivity index (χ0) is 22.5. The lowest BCUT2D eigenvalue weighted by Gasteiger charge is -2.27. The number of hydrogen-bond donors (Lipinski definition) is 3. The molecule has 2 aliphatic heterocycles. The fraction of sp³-hybridized carbons (Fsp3) is 0.381. The number of hydrogen-bond acceptors (Lipinski definition) is 8. The lowest BCUT2D eigenvalue weighted by atomic mass is 10.0. The fourth-order valence-corrected chi connectivity index (χ4v) is 3.52. The van der Waals surface area contributed by atoms with Gasteiger partial charge >= 0.3 is 0 Å². The Labute approximate surface area is 179 Å². The van der Waals surface area contributed by atoms with Crippen molar-refractivity contribution >= 4 is 35.5 Å². The first kappa shape index (κ1) is 22.0. The van der Waals surface area contributed by atoms with Crippen molar-refractivity contribution in [2.75, 3.05) is 32.6 Å². The molecule has 1 aromatic carbocycles. The molecular formula is C21H25N5O5. The van der Waals surface area contributed by atoms with Crippen molar-refractivity contribution in [3.63, 3.8) is 0 Å². The molecule has 1 unspecified atom stereocenters. The summed E-state index contributed by atoms with van der Waals surface area (Å²) in [5.74, 6) is -1.69. The summed E-state index contributed by atoms with van der Waals surface area (Å²) in [5, 5.41) is 12.7. The molecule has 1 saturated heterocycles. The number of nitrogens with zero attached hydrogens (tertiary/aromatic N) is 2. The number of allylic oxidation sites excluding steroid dienone is 1. The number of rotatable bonds is 9. The van der Waals surface area contributed by atoms with E-state index in [4.69, 9.17) is 10.1 Å². The number of carbonyl (C=O) groups excluding carboxylic acids is 4. The smallest absolute Gasteiger partial charge is 0.264 e. The summed E-state index contributed by atoms with van der Waals surface area (Å²) >= 11 is 0. The van der Waals surface area contributed by atoms with E-state index in [1.165, 1.54) is 0 Å². The van der Waals surface area contributed by atoms with Crippen molar-refractivity contribution in [3.05, 3.63) is 41.3 Å². The van der Waals surface area contributed by atoms with Gasteiger partial charge in [-0.2, -0.15) is 0 Å². The highest BCUT2D eigenvalue weighted by Gasteiger charge is 2.45. The van der Waals surface area contributed by atoms with E-state index in [9.17, 15) is 19.2 Å². The van der Waals surface area contributed by atoms with E-state index in [2.05, 4.69) is 10.6 Å². The molecule has 164 valence electrons. The Balaban J connectivity index is 1.65. The minimum absolute atomic E-state index is 0.0783. The van der Waals surface area contributed by atoms with Gasteiger partial charge in [0.25, 0.3) is 11.8 Å². The average molecular weight is 427 g/mol. The monoisotopic (exact) mass is 427 g/mol. The Kier molecular flexibility index (Phi) is 6.68. The molecule has 0 aliphatic carbocycles. The molecule has 0 spiro atoms. The summed E-state index contributed by atoms with van der Waals surface area (Å²) in [5.41, 5.74) is 0.962. The van der Waals surface area contributed by atoms with Crippen molar-refractivity contribution in [1.82, 2.24) is 15.1 Å². The maximum absolute atomic E-state index is 13.0. The topological polar surface area (TPSA) is 132 Å². The predicted molar refractivity (Wildman–Crippen MR) is 113 cm³/mol. The molecule has 2 heterocycles. The normalized spacial score (nSPS) is 18.6.